The van der Waals surface area contributed by atoms with Crippen LogP contribution in [0.3, 0.4) is 0 Å². The third-order valence-electron chi connectivity index (χ3n) is 2.94. The Morgan fingerprint density at radius 3 is 2.50 bits per heavy atom. The molecule has 94 valence electrons. The summed E-state index contributed by atoms with van der Waals surface area (Å²) in [7, 11) is 0. The van der Waals surface area contributed by atoms with Crippen molar-refractivity contribution in [1.29, 1.82) is 0 Å². The number of aryl methyl sites for hydroxylation is 2. The molecule has 0 fully saturated rings. The molecule has 0 bridgehead atoms. The molecule has 2 rings (SSSR count). The van der Waals surface area contributed by atoms with Crippen LogP contribution in [0.2, 0.25) is 0 Å². The summed E-state index contributed by atoms with van der Waals surface area (Å²) < 4.78 is 5.89. The van der Waals surface area contributed by atoms with Crippen LogP contribution in [0.4, 0.5) is 0 Å². The fraction of sp³-hybridized carbons (Fsp3) is 0.250. The zero-order valence-corrected chi connectivity index (χ0v) is 10.8. The Hall–Kier alpha value is -1.96. The van der Waals surface area contributed by atoms with Crippen molar-refractivity contribution in [2.24, 2.45) is 0 Å². The summed E-state index contributed by atoms with van der Waals surface area (Å²) in [6.45, 7) is 4.57. The van der Waals surface area contributed by atoms with E-state index in [-0.39, 0.29) is 0 Å². The maximum atomic E-state index is 9.58. The molecule has 0 amide bonds. The van der Waals surface area contributed by atoms with Crippen LogP contribution in [0.5, 0.6) is 11.5 Å². The summed E-state index contributed by atoms with van der Waals surface area (Å²) in [6.07, 6.45) is 0.847. The van der Waals surface area contributed by atoms with Crippen LogP contribution in [-0.4, -0.2) is 5.11 Å². The van der Waals surface area contributed by atoms with E-state index in [1.807, 2.05) is 37.3 Å². The second kappa shape index (κ2) is 5.58. The summed E-state index contributed by atoms with van der Waals surface area (Å²) in [6, 6.07) is 13.6. The van der Waals surface area contributed by atoms with E-state index in [0.29, 0.717) is 12.4 Å². The van der Waals surface area contributed by atoms with Gasteiger partial charge in [-0.1, -0.05) is 37.3 Å². The number of phenolic OH excluding ortho intramolecular Hbond substituents is 1. The third kappa shape index (κ3) is 2.83. The lowest BCUT2D eigenvalue weighted by molar-refractivity contribution is 0.300. The van der Waals surface area contributed by atoms with Gasteiger partial charge in [0.05, 0.1) is 0 Å². The fourth-order valence-corrected chi connectivity index (χ4v) is 2.03. The van der Waals surface area contributed by atoms with Crippen LogP contribution in [0.1, 0.15) is 23.6 Å². The molecule has 0 radical (unpaired) electrons. The molecule has 0 saturated carbocycles. The highest BCUT2D eigenvalue weighted by Crippen LogP contribution is 2.29. The van der Waals surface area contributed by atoms with Gasteiger partial charge in [-0.15, -0.1) is 0 Å². The summed E-state index contributed by atoms with van der Waals surface area (Å²) >= 11 is 0. The Labute approximate surface area is 108 Å². The van der Waals surface area contributed by atoms with Crippen LogP contribution in [0.25, 0.3) is 0 Å². The Bertz CT molecular complexity index is 518. The van der Waals surface area contributed by atoms with Crippen LogP contribution in [-0.2, 0) is 13.0 Å². The molecule has 18 heavy (non-hydrogen) atoms. The monoisotopic (exact) mass is 242 g/mol. The fourth-order valence-electron chi connectivity index (χ4n) is 2.03. The van der Waals surface area contributed by atoms with Crippen molar-refractivity contribution in [3.05, 3.63) is 59.2 Å². The standard InChI is InChI=1S/C16H18O2/c1-3-14-10-15(17)9-12(2)16(14)18-11-13-7-5-4-6-8-13/h4-10,17H,3,11H2,1-2H3. The quantitative estimate of drug-likeness (QED) is 0.882. The average molecular weight is 242 g/mol. The van der Waals surface area contributed by atoms with Gasteiger partial charge in [0.15, 0.2) is 0 Å². The van der Waals surface area contributed by atoms with E-state index in [1.54, 1.807) is 12.1 Å². The predicted octanol–water partition coefficient (Wildman–Crippen LogP) is 3.84. The Morgan fingerprint density at radius 2 is 1.83 bits per heavy atom. The smallest absolute Gasteiger partial charge is 0.126 e. The molecule has 0 aromatic heterocycles. The lowest BCUT2D eigenvalue weighted by Gasteiger charge is -2.14. The van der Waals surface area contributed by atoms with Gasteiger partial charge in [-0.2, -0.15) is 0 Å². The Kier molecular flexibility index (Phi) is 3.88. The molecular weight excluding hydrogens is 224 g/mol. The van der Waals surface area contributed by atoms with E-state index in [1.165, 1.54) is 0 Å². The number of rotatable bonds is 4. The van der Waals surface area contributed by atoms with Gasteiger partial charge in [0.25, 0.3) is 0 Å². The highest BCUT2D eigenvalue weighted by molar-refractivity contribution is 5.46. The normalized spacial score (nSPS) is 10.3. The molecule has 2 aromatic rings. The lowest BCUT2D eigenvalue weighted by Crippen LogP contribution is -2.00. The molecule has 0 aliphatic carbocycles. The molecule has 1 N–H and O–H groups in total. The summed E-state index contributed by atoms with van der Waals surface area (Å²) in [5.74, 6) is 1.19. The number of ether oxygens (including phenoxy) is 1. The molecule has 0 atom stereocenters. The van der Waals surface area contributed by atoms with Crippen molar-refractivity contribution >= 4 is 0 Å². The summed E-state index contributed by atoms with van der Waals surface area (Å²) in [5.41, 5.74) is 3.17. The van der Waals surface area contributed by atoms with E-state index in [4.69, 9.17) is 4.74 Å². The number of hydrogen-bond donors (Lipinski definition) is 1. The molecular formula is C16H18O2. The topological polar surface area (TPSA) is 29.5 Å². The van der Waals surface area contributed by atoms with Gasteiger partial charge in [-0.3, -0.25) is 0 Å². The largest absolute Gasteiger partial charge is 0.508 e. The average Bonchev–Trinajstić information content (AvgIpc) is 2.38. The third-order valence-corrected chi connectivity index (χ3v) is 2.94. The van der Waals surface area contributed by atoms with Gasteiger partial charge < -0.3 is 9.84 Å². The van der Waals surface area contributed by atoms with Crippen molar-refractivity contribution in [1.82, 2.24) is 0 Å². The van der Waals surface area contributed by atoms with Crippen LogP contribution >= 0.6 is 0 Å². The molecule has 2 aromatic carbocycles. The van der Waals surface area contributed by atoms with Crippen molar-refractivity contribution in [3.63, 3.8) is 0 Å². The van der Waals surface area contributed by atoms with Crippen LogP contribution in [0, 0.1) is 6.92 Å². The van der Waals surface area contributed by atoms with Gasteiger partial charge in [-0.25, -0.2) is 0 Å². The van der Waals surface area contributed by atoms with Crippen LogP contribution < -0.4 is 4.74 Å². The first-order chi connectivity index (χ1) is 8.70. The minimum atomic E-state index is 0.302. The van der Waals surface area contributed by atoms with Gasteiger partial charge >= 0.3 is 0 Å². The van der Waals surface area contributed by atoms with Gasteiger partial charge in [0.1, 0.15) is 18.1 Å². The lowest BCUT2D eigenvalue weighted by atomic mass is 10.1. The SMILES string of the molecule is CCc1cc(O)cc(C)c1OCc1ccccc1. The number of aromatic hydroxyl groups is 1. The van der Waals surface area contributed by atoms with Gasteiger partial charge in [0, 0.05) is 0 Å². The molecule has 0 aliphatic rings. The van der Waals surface area contributed by atoms with E-state index in [2.05, 4.69) is 6.92 Å². The second-order valence-electron chi connectivity index (χ2n) is 4.38. The van der Waals surface area contributed by atoms with Crippen LogP contribution in [0.15, 0.2) is 42.5 Å². The molecule has 2 heteroatoms. The van der Waals surface area contributed by atoms with Gasteiger partial charge in [-0.05, 0) is 42.2 Å². The zero-order chi connectivity index (χ0) is 13.0. The zero-order valence-electron chi connectivity index (χ0n) is 10.8. The molecule has 2 nitrogen and oxygen atoms in total. The minimum Gasteiger partial charge on any atom is -0.508 e. The number of phenols is 1. The summed E-state index contributed by atoms with van der Waals surface area (Å²) in [5, 5.41) is 9.58. The first kappa shape index (κ1) is 12.5. The molecule has 0 saturated heterocycles. The highest BCUT2D eigenvalue weighted by Gasteiger charge is 2.08. The molecule has 0 aliphatic heterocycles. The van der Waals surface area contributed by atoms with E-state index in [9.17, 15) is 5.11 Å². The Morgan fingerprint density at radius 1 is 1.11 bits per heavy atom. The van der Waals surface area contributed by atoms with Crippen molar-refractivity contribution in [2.75, 3.05) is 0 Å². The second-order valence-corrected chi connectivity index (χ2v) is 4.38. The molecule has 0 unspecified atom stereocenters. The first-order valence-corrected chi connectivity index (χ1v) is 6.20. The van der Waals surface area contributed by atoms with E-state index < -0.39 is 0 Å². The van der Waals surface area contributed by atoms with Crippen molar-refractivity contribution in [3.8, 4) is 11.5 Å². The van der Waals surface area contributed by atoms with E-state index >= 15 is 0 Å². The molecule has 0 spiro atoms. The van der Waals surface area contributed by atoms with Crippen molar-refractivity contribution < 1.29 is 9.84 Å². The number of benzene rings is 2. The highest BCUT2D eigenvalue weighted by atomic mass is 16.5. The molecule has 0 heterocycles. The summed E-state index contributed by atoms with van der Waals surface area (Å²) in [4.78, 5) is 0. The van der Waals surface area contributed by atoms with Crippen molar-refractivity contribution in [2.45, 2.75) is 26.9 Å². The first-order valence-electron chi connectivity index (χ1n) is 6.20. The minimum absolute atomic E-state index is 0.302. The predicted molar refractivity (Wildman–Crippen MR) is 73.0 cm³/mol. The van der Waals surface area contributed by atoms with E-state index in [0.717, 1.165) is 28.9 Å². The number of hydrogen-bond acceptors (Lipinski definition) is 2. The maximum Gasteiger partial charge on any atom is 0.126 e. The Balaban J connectivity index is 2.19. The maximum absolute atomic E-state index is 9.58. The van der Waals surface area contributed by atoms with Gasteiger partial charge in [0.2, 0.25) is 0 Å².